The zero-order chi connectivity index (χ0) is 3.58. The Morgan fingerprint density at radius 2 is 0.833 bits per heavy atom. The van der Waals surface area contributed by atoms with E-state index in [1.807, 2.05) is 0 Å². The van der Waals surface area contributed by atoms with Crippen molar-refractivity contribution in [3.05, 3.63) is 0 Å². The molecule has 0 nitrogen and oxygen atoms in total. The molecule has 0 aliphatic carbocycles. The molecular formula is H3Cl5Si. The third-order valence-corrected chi connectivity index (χ3v) is 0. The van der Waals surface area contributed by atoms with Gasteiger partial charge in [0.2, 0.25) is 0 Å². The SMILES string of the molecule is Cl.Cl.Cl[SiH](Cl)Cl. The molecule has 0 bridgehead atoms. The zero-order valence-corrected chi connectivity index (χ0v) is 7.58. The van der Waals surface area contributed by atoms with Gasteiger partial charge in [-0.1, -0.05) is 0 Å². The summed E-state index contributed by atoms with van der Waals surface area (Å²) in [5, 5.41) is 0. The molecule has 0 spiro atoms. The maximum Gasteiger partial charge on any atom is 0.326 e. The maximum atomic E-state index is 4.94. The normalized spacial score (nSPS) is 6.00. The molecule has 0 aliphatic heterocycles. The first-order valence-electron chi connectivity index (χ1n) is 0.655. The Bertz CT molecular complexity index is 8.66. The smallest absolute Gasteiger partial charge is 0.147 e. The quantitative estimate of drug-likeness (QED) is 0.423. The highest BCUT2D eigenvalue weighted by Crippen LogP contribution is 1.97. The van der Waals surface area contributed by atoms with E-state index in [1.54, 1.807) is 0 Å². The Labute approximate surface area is 64.7 Å². The summed E-state index contributed by atoms with van der Waals surface area (Å²) in [7, 11) is 0. The van der Waals surface area contributed by atoms with Crippen molar-refractivity contribution in [3.63, 3.8) is 0 Å². The summed E-state index contributed by atoms with van der Waals surface area (Å²) in [6.45, 7) is -1.72. The monoisotopic (exact) mass is 206 g/mol. The molecule has 42 valence electrons. The summed E-state index contributed by atoms with van der Waals surface area (Å²) < 4.78 is 0. The van der Waals surface area contributed by atoms with Crippen LogP contribution in [-0.2, 0) is 0 Å². The van der Waals surface area contributed by atoms with Gasteiger partial charge >= 0.3 is 6.73 Å². The molecule has 0 radical (unpaired) electrons. The third-order valence-electron chi connectivity index (χ3n) is 0. The lowest BCUT2D eigenvalue weighted by atomic mass is 27.7. The maximum absolute atomic E-state index is 4.94. The van der Waals surface area contributed by atoms with Crippen LogP contribution in [0.1, 0.15) is 0 Å². The van der Waals surface area contributed by atoms with Crippen LogP contribution >= 0.6 is 58.1 Å². The molecule has 0 amide bonds. The molecular weight excluding hydrogens is 205 g/mol. The van der Waals surface area contributed by atoms with Crippen molar-refractivity contribution < 1.29 is 0 Å². The van der Waals surface area contributed by atoms with Gasteiger partial charge in [0.1, 0.15) is 0 Å². The fourth-order valence-electron chi connectivity index (χ4n) is 0. The van der Waals surface area contributed by atoms with Crippen LogP contribution in [0.15, 0.2) is 0 Å². The summed E-state index contributed by atoms with van der Waals surface area (Å²) in [6.07, 6.45) is 0. The largest absolute Gasteiger partial charge is 0.326 e. The summed E-state index contributed by atoms with van der Waals surface area (Å²) in [6, 6.07) is 0. The van der Waals surface area contributed by atoms with Crippen molar-refractivity contribution in [3.8, 4) is 0 Å². The molecule has 6 heteroatoms. The Hall–Kier alpha value is 1.67. The van der Waals surface area contributed by atoms with Crippen LogP contribution in [0.5, 0.6) is 0 Å². The zero-order valence-electron chi connectivity index (χ0n) is 2.53. The highest BCUT2D eigenvalue weighted by Gasteiger charge is 1.85. The Morgan fingerprint density at radius 3 is 0.833 bits per heavy atom. The predicted molar refractivity (Wildman–Crippen MR) is 39.2 cm³/mol. The molecule has 0 saturated carbocycles. The van der Waals surface area contributed by atoms with Gasteiger partial charge in [-0.25, -0.2) is 0 Å². The van der Waals surface area contributed by atoms with Crippen molar-refractivity contribution in [2.45, 2.75) is 0 Å². The van der Waals surface area contributed by atoms with Crippen LogP contribution in [0.3, 0.4) is 0 Å². The summed E-state index contributed by atoms with van der Waals surface area (Å²) >= 11 is 14.8. The van der Waals surface area contributed by atoms with Crippen molar-refractivity contribution >= 4 is 64.8 Å². The highest BCUT2D eigenvalue weighted by molar-refractivity contribution is 7.54. The topological polar surface area (TPSA) is 0 Å². The lowest BCUT2D eigenvalue weighted by molar-refractivity contribution is 4.07. The van der Waals surface area contributed by atoms with E-state index in [2.05, 4.69) is 0 Å². The average molecular weight is 208 g/mol. The summed E-state index contributed by atoms with van der Waals surface area (Å²) in [4.78, 5) is 0. The second-order valence-electron chi connectivity index (χ2n) is 0.247. The minimum Gasteiger partial charge on any atom is -0.147 e. The van der Waals surface area contributed by atoms with Gasteiger partial charge in [0, 0.05) is 0 Å². The van der Waals surface area contributed by atoms with Crippen LogP contribution in [0.25, 0.3) is 0 Å². The Kier molecular flexibility index (Phi) is 25.6. The van der Waals surface area contributed by atoms with Crippen molar-refractivity contribution in [2.24, 2.45) is 0 Å². The molecule has 0 aromatic carbocycles. The van der Waals surface area contributed by atoms with Crippen molar-refractivity contribution in [1.82, 2.24) is 0 Å². The van der Waals surface area contributed by atoms with E-state index >= 15 is 0 Å². The fraction of sp³-hybridized carbons (Fsp3) is 0. The van der Waals surface area contributed by atoms with Crippen LogP contribution in [0, 0.1) is 0 Å². The van der Waals surface area contributed by atoms with Gasteiger partial charge in [-0.05, 0) is 0 Å². The van der Waals surface area contributed by atoms with E-state index in [1.165, 1.54) is 0 Å². The lowest BCUT2D eigenvalue weighted by Crippen LogP contribution is -1.66. The second kappa shape index (κ2) is 9.83. The Morgan fingerprint density at radius 1 is 0.833 bits per heavy atom. The second-order valence-corrected chi connectivity index (χ2v) is 6.68. The lowest BCUT2D eigenvalue weighted by Gasteiger charge is -1.65. The molecule has 0 saturated heterocycles. The molecule has 0 aromatic rings. The van der Waals surface area contributed by atoms with E-state index in [4.69, 9.17) is 33.2 Å². The van der Waals surface area contributed by atoms with E-state index in [-0.39, 0.29) is 24.8 Å². The first-order valence-corrected chi connectivity index (χ1v) is 5.89. The van der Waals surface area contributed by atoms with Crippen molar-refractivity contribution in [1.29, 1.82) is 0 Å². The number of halogens is 5. The van der Waals surface area contributed by atoms with E-state index in [0.717, 1.165) is 0 Å². The van der Waals surface area contributed by atoms with Gasteiger partial charge < -0.3 is 0 Å². The molecule has 0 aliphatic rings. The van der Waals surface area contributed by atoms with Crippen LogP contribution in [0.4, 0.5) is 0 Å². The first kappa shape index (κ1) is 15.6. The van der Waals surface area contributed by atoms with Gasteiger partial charge in [-0.3, -0.25) is 0 Å². The van der Waals surface area contributed by atoms with Crippen molar-refractivity contribution in [2.75, 3.05) is 0 Å². The standard InChI is InChI=1S/Cl3HSi.2ClH/c1-4(2)3;;/h4H;2*1H. The molecule has 0 N–H and O–H groups in total. The molecule has 0 unspecified atom stereocenters. The molecule has 0 aromatic heterocycles. The molecule has 6 heavy (non-hydrogen) atoms. The first-order chi connectivity index (χ1) is 1.73. The van der Waals surface area contributed by atoms with E-state index < -0.39 is 6.73 Å². The average Bonchev–Trinajstić information content (AvgIpc) is 0.811. The molecule has 0 fully saturated rings. The molecule has 0 rings (SSSR count). The van der Waals surface area contributed by atoms with Crippen LogP contribution in [0.2, 0.25) is 0 Å². The fourth-order valence-corrected chi connectivity index (χ4v) is 0. The number of rotatable bonds is 0. The van der Waals surface area contributed by atoms with Gasteiger partial charge in [0.05, 0.1) is 0 Å². The predicted octanol–water partition coefficient (Wildman–Crippen LogP) is 2.26. The Balaban J connectivity index is -0.0000000450. The number of hydrogen-bond donors (Lipinski definition) is 0. The minimum absolute atomic E-state index is 0. The highest BCUT2D eigenvalue weighted by atomic mass is 35.8. The summed E-state index contributed by atoms with van der Waals surface area (Å²) in [5.74, 6) is 0. The van der Waals surface area contributed by atoms with Crippen LogP contribution in [-0.4, -0.2) is 6.73 Å². The third kappa shape index (κ3) is 44.4. The number of hydrogen-bond acceptors (Lipinski definition) is 0. The van der Waals surface area contributed by atoms with Gasteiger partial charge in [0.25, 0.3) is 0 Å². The summed E-state index contributed by atoms with van der Waals surface area (Å²) in [5.41, 5.74) is 0. The molecule has 0 heterocycles. The van der Waals surface area contributed by atoms with Gasteiger partial charge in [-0.2, -0.15) is 0 Å². The van der Waals surface area contributed by atoms with E-state index in [0.29, 0.717) is 0 Å². The van der Waals surface area contributed by atoms with E-state index in [9.17, 15) is 0 Å². The van der Waals surface area contributed by atoms with Gasteiger partial charge in [-0.15, -0.1) is 58.1 Å². The van der Waals surface area contributed by atoms with Gasteiger partial charge in [0.15, 0.2) is 0 Å². The molecule has 0 atom stereocenters. The van der Waals surface area contributed by atoms with Crippen LogP contribution < -0.4 is 0 Å². The minimum atomic E-state index is -1.72.